The van der Waals surface area contributed by atoms with Crippen molar-refractivity contribution in [3.05, 3.63) is 94.6 Å². The first kappa shape index (κ1) is 78.9. The summed E-state index contributed by atoms with van der Waals surface area (Å²) in [6.45, 7) is 28.0. The third kappa shape index (κ3) is 20.8. The van der Waals surface area contributed by atoms with Crippen LogP contribution in [0.3, 0.4) is 0 Å². The molecule has 7 rings (SSSR count). The number of benzene rings is 3. The number of esters is 1. The van der Waals surface area contributed by atoms with E-state index in [0.29, 0.717) is 39.6 Å². The molecule has 2 aromatic heterocycles. The van der Waals surface area contributed by atoms with Crippen LogP contribution in [0.2, 0.25) is 0 Å². The zero-order valence-corrected chi connectivity index (χ0v) is 61.0. The van der Waals surface area contributed by atoms with Crippen LogP contribution < -0.4 is 140 Å². The number of fused-ring (bicyclic) bond motifs is 4. The largest absolute Gasteiger partial charge is 1.00 e. The Kier molecular flexibility index (Phi) is 39.3. The Labute approximate surface area is 598 Å². The summed E-state index contributed by atoms with van der Waals surface area (Å²) in [5.41, 5.74) is -0.504. The number of rotatable bonds is 6. The molecule has 17 nitrogen and oxygen atoms in total. The van der Waals surface area contributed by atoms with Crippen molar-refractivity contribution in [3.63, 3.8) is 0 Å². The number of phenols is 5. The Hall–Kier alpha value is -2.18. The van der Waals surface area contributed by atoms with Crippen molar-refractivity contribution in [2.24, 2.45) is 0 Å². The van der Waals surface area contributed by atoms with Gasteiger partial charge in [-0.25, -0.2) is 13.9 Å². The Balaban J connectivity index is 0. The normalized spacial score (nSPS) is 10.4. The smallest absolute Gasteiger partial charge is 0.872 e. The molecule has 0 saturated carbocycles. The molecule has 79 heavy (non-hydrogen) atoms. The first-order valence-corrected chi connectivity index (χ1v) is 28.8. The van der Waals surface area contributed by atoms with Gasteiger partial charge in [0.15, 0.2) is 11.5 Å². The number of carbonyl (C=O) groups excluding carboxylic acids is 1. The number of ether oxygens (including phenoxy) is 1. The summed E-state index contributed by atoms with van der Waals surface area (Å²) in [4.78, 5) is 18.6. The van der Waals surface area contributed by atoms with Crippen LogP contribution >= 0.6 is 92.4 Å². The van der Waals surface area contributed by atoms with E-state index in [4.69, 9.17) is 44.6 Å². The number of thioether (sulfide) groups is 4. The van der Waals surface area contributed by atoms with E-state index in [2.05, 4.69) is 102 Å². The fourth-order valence-corrected chi connectivity index (χ4v) is 16.6. The Bertz CT molecular complexity index is 3300. The Morgan fingerprint density at radius 1 is 0.582 bits per heavy atom. The molecule has 0 unspecified atom stereocenters. The molecule has 0 atom stereocenters. The predicted octanol–water partition coefficient (Wildman–Crippen LogP) is -2.81. The molecule has 0 saturated heterocycles. The summed E-state index contributed by atoms with van der Waals surface area (Å²) >= 11 is 28.1. The fraction of sp³-hybridized carbons (Fsp3) is 0.217. The molecule has 33 heteroatoms. The minimum absolute atomic E-state index is 0. The molecule has 0 spiro atoms. The summed E-state index contributed by atoms with van der Waals surface area (Å²) < 4.78 is 15.1. The van der Waals surface area contributed by atoms with Gasteiger partial charge in [0.25, 0.3) is 0 Å². The van der Waals surface area contributed by atoms with Crippen molar-refractivity contribution in [3.8, 4) is 64.8 Å². The molecule has 0 fully saturated rings. The number of nitrogens with zero attached hydrogens (tertiary/aromatic N) is 9. The maximum absolute atomic E-state index is 10.8. The number of allylic oxidation sites excluding steroid dienone is 2. The van der Waals surface area contributed by atoms with Gasteiger partial charge in [-0.15, -0.1) is 5.75 Å². The molecule has 3 aromatic carbocycles. The molecule has 5 N–H and O–H groups in total. The first-order valence-electron chi connectivity index (χ1n) is 20.7. The van der Waals surface area contributed by atoms with Crippen molar-refractivity contribution < 1.29 is 158 Å². The number of carbonyl (C=O) groups is 1. The molecule has 5 aromatic rings. The van der Waals surface area contributed by atoms with Crippen molar-refractivity contribution in [1.82, 2.24) is 9.15 Å². The second-order valence-corrected chi connectivity index (χ2v) is 24.6. The van der Waals surface area contributed by atoms with Gasteiger partial charge in [-0.2, -0.15) is 36.0 Å². The van der Waals surface area contributed by atoms with Crippen LogP contribution in [0.25, 0.3) is 28.5 Å². The van der Waals surface area contributed by atoms with Gasteiger partial charge >= 0.3 is 138 Å². The second-order valence-electron chi connectivity index (χ2n) is 13.3. The van der Waals surface area contributed by atoms with Gasteiger partial charge in [0.1, 0.15) is 96.7 Å². The van der Waals surface area contributed by atoms with Gasteiger partial charge < -0.3 is 94.4 Å². The third-order valence-corrected chi connectivity index (χ3v) is 20.4. The zero-order chi connectivity index (χ0) is 56.3. The van der Waals surface area contributed by atoms with E-state index >= 15 is 0 Å². The maximum atomic E-state index is 10.8. The number of nitriles is 5. The van der Waals surface area contributed by atoms with Crippen molar-refractivity contribution in [2.75, 3.05) is 32.8 Å². The monoisotopic (exact) mass is 1320 g/mol. The summed E-state index contributed by atoms with van der Waals surface area (Å²) in [5, 5.41) is 104. The fourth-order valence-electron chi connectivity index (χ4n) is 5.42. The van der Waals surface area contributed by atoms with Gasteiger partial charge in [-0.3, -0.25) is 0 Å². The minimum Gasteiger partial charge on any atom is -0.872 e. The summed E-state index contributed by atoms with van der Waals surface area (Å²) in [5.74, 6) is -0.335. The van der Waals surface area contributed by atoms with E-state index in [0.717, 1.165) is 100.0 Å². The van der Waals surface area contributed by atoms with Crippen LogP contribution in [0.1, 0.15) is 34.6 Å². The molecule has 0 bridgehead atoms. The standard InChI is InChI=1S/C16H20N2O2S4.C14H2N4O2S4.C6H7NO2S2.C6H6O2.C4H2N2S2.4Na/c1-5-17(6-2)15-21-11-9(19)13-14(10(20)12(11)22-15)24-16(23-13)18(7-3)8-4;1-17-12(18-2)14-23-10-6(19)8-9(7(20)11(10)24-14)22-13(21-8)5(3-15)4-16;1-2-9-5(8)4(3-7)6(10)11;7-5-1-2-6(8)4-3-5;5-1-3(2-6)4(7)8;;;;/h5-8H2,1-4H3;19-20H;10-11H,2H2,1H3;1-4,7-8H;7-8H;;;;/q;;;;;4*+1/p-3. The molecular formula is C46H34N9Na4O8S12+. The van der Waals surface area contributed by atoms with Crippen molar-refractivity contribution in [1.29, 1.82) is 26.3 Å². The van der Waals surface area contributed by atoms with Gasteiger partial charge in [-0.05, 0) is 46.8 Å². The number of aromatic hydroxyl groups is 5. The number of phenolic OH excluding ortho intramolecular Hbond substituents is 5. The molecule has 4 heterocycles. The summed E-state index contributed by atoms with van der Waals surface area (Å²) in [6, 6.07) is 13.6. The van der Waals surface area contributed by atoms with E-state index in [1.54, 1.807) is 82.6 Å². The second kappa shape index (κ2) is 39.4. The Morgan fingerprint density at radius 2 is 0.937 bits per heavy atom. The molecule has 0 amide bonds. The molecule has 2 aliphatic rings. The molecule has 0 aliphatic carbocycles. The van der Waals surface area contributed by atoms with E-state index in [1.165, 1.54) is 24.3 Å². The van der Waals surface area contributed by atoms with Crippen molar-refractivity contribution >= 4 is 168 Å². The van der Waals surface area contributed by atoms with E-state index in [-0.39, 0.29) is 179 Å². The molecule has 0 radical (unpaired) electrons. The molecule has 2 aliphatic heterocycles. The van der Waals surface area contributed by atoms with Crippen LogP contribution in [0.15, 0.2) is 83.3 Å². The topological polar surface area (TPSA) is 284 Å². The first-order chi connectivity index (χ1) is 35.7. The van der Waals surface area contributed by atoms with Crippen molar-refractivity contribution in [2.45, 2.75) is 54.2 Å². The average Bonchev–Trinajstić information content (AvgIpc) is 4.23. The van der Waals surface area contributed by atoms with E-state index in [9.17, 15) is 30.3 Å². The minimum atomic E-state index is -0.741. The van der Waals surface area contributed by atoms with Crippen LogP contribution in [-0.2, 0) is 60.0 Å². The average molecular weight is 1320 g/mol. The van der Waals surface area contributed by atoms with Crippen LogP contribution in [-0.4, -0.2) is 64.3 Å². The van der Waals surface area contributed by atoms with Crippen LogP contribution in [0.4, 0.5) is 0 Å². The quantitative estimate of drug-likeness (QED) is 0.0168. The number of hydrogen-bond donors (Lipinski definition) is 5. The zero-order valence-electron chi connectivity index (χ0n) is 43.2. The SMILES string of the molecule is CCOC(=O)C(C#N)=C([S-])[S-].CC[N+](CC)=c1sc2c(O)c3sc(=[N+](CC)CC)sc3c(O)c2s1.N#CC(C#N)=C([S-])[S-].[C-]#[N+]C([N+]#[C-])=C1Sc2c(O)c3c(c(O)c2S1)SC(=C(C#N)C#N)S3.[Na+].[Na+].[Na+].[Na+].[O-]c1ccc(O)cc1. The third-order valence-electron chi connectivity index (χ3n) is 9.01. The van der Waals surface area contributed by atoms with Gasteiger partial charge in [0.2, 0.25) is 0 Å². The predicted molar refractivity (Wildman–Crippen MR) is 305 cm³/mol. The summed E-state index contributed by atoms with van der Waals surface area (Å²) in [7, 11) is 0. The molecule has 386 valence electrons. The summed E-state index contributed by atoms with van der Waals surface area (Å²) in [6.07, 6.45) is 0. The van der Waals surface area contributed by atoms with Crippen LogP contribution in [0, 0.1) is 69.8 Å². The van der Waals surface area contributed by atoms with Gasteiger partial charge in [-0.1, -0.05) is 105 Å². The van der Waals surface area contributed by atoms with Gasteiger partial charge in [0, 0.05) is 0 Å². The van der Waals surface area contributed by atoms with E-state index < -0.39 is 5.97 Å². The van der Waals surface area contributed by atoms with Gasteiger partial charge in [0.05, 0.1) is 60.4 Å². The Morgan fingerprint density at radius 3 is 1.18 bits per heavy atom. The maximum Gasteiger partial charge on any atom is 1.00 e. The molecular weight excluding hydrogens is 1280 g/mol. The van der Waals surface area contributed by atoms with E-state index in [1.807, 2.05) is 0 Å². The number of hydrogen-bond acceptors (Lipinski definition) is 25. The van der Waals surface area contributed by atoms with Crippen LogP contribution in [0.5, 0.6) is 34.5 Å².